The number of carbonyl (C=O) groups excluding carboxylic acids is 2. The van der Waals surface area contributed by atoms with Crippen molar-refractivity contribution >= 4 is 23.2 Å². The number of rotatable bonds is 5. The highest BCUT2D eigenvalue weighted by molar-refractivity contribution is 7.09. The molecule has 2 heterocycles. The SMILES string of the molecule is CC[C@H](NC(=O)c1ccc(C(=O)N2CCOCC2)cc1)c1nccs1. The second-order valence-corrected chi connectivity index (χ2v) is 6.71. The van der Waals surface area contributed by atoms with Crippen LogP contribution in [0, 0.1) is 0 Å². The molecular formula is C18H21N3O3S. The van der Waals surface area contributed by atoms with Gasteiger partial charge in [-0.2, -0.15) is 0 Å². The normalized spacial score (nSPS) is 15.6. The molecular weight excluding hydrogens is 338 g/mol. The summed E-state index contributed by atoms with van der Waals surface area (Å²) in [7, 11) is 0. The van der Waals surface area contributed by atoms with E-state index in [1.54, 1.807) is 35.4 Å². The molecule has 0 spiro atoms. The number of morpholine rings is 1. The lowest BCUT2D eigenvalue weighted by molar-refractivity contribution is 0.0303. The number of ether oxygens (including phenoxy) is 1. The molecule has 0 aliphatic carbocycles. The third-order valence-corrected chi connectivity index (χ3v) is 5.04. The summed E-state index contributed by atoms with van der Waals surface area (Å²) in [5.41, 5.74) is 1.12. The maximum absolute atomic E-state index is 12.4. The van der Waals surface area contributed by atoms with Crippen LogP contribution in [0.25, 0.3) is 0 Å². The highest BCUT2D eigenvalue weighted by Crippen LogP contribution is 2.19. The van der Waals surface area contributed by atoms with Gasteiger partial charge in [0.25, 0.3) is 11.8 Å². The van der Waals surface area contributed by atoms with Crippen molar-refractivity contribution in [2.75, 3.05) is 26.3 Å². The number of amides is 2. The molecule has 25 heavy (non-hydrogen) atoms. The second kappa shape index (κ2) is 8.22. The Morgan fingerprint density at radius 3 is 2.52 bits per heavy atom. The van der Waals surface area contributed by atoms with Crippen molar-refractivity contribution < 1.29 is 14.3 Å². The van der Waals surface area contributed by atoms with Gasteiger partial charge in [-0.25, -0.2) is 4.98 Å². The van der Waals surface area contributed by atoms with Crippen molar-refractivity contribution in [1.82, 2.24) is 15.2 Å². The fraction of sp³-hybridized carbons (Fsp3) is 0.389. The highest BCUT2D eigenvalue weighted by Gasteiger charge is 2.20. The molecule has 3 rings (SSSR count). The van der Waals surface area contributed by atoms with E-state index >= 15 is 0 Å². The van der Waals surface area contributed by atoms with Gasteiger partial charge in [-0.15, -0.1) is 11.3 Å². The molecule has 2 amide bonds. The molecule has 7 heteroatoms. The quantitative estimate of drug-likeness (QED) is 0.890. The van der Waals surface area contributed by atoms with Crippen LogP contribution in [0.1, 0.15) is 45.1 Å². The predicted octanol–water partition coefficient (Wildman–Crippen LogP) is 2.50. The first-order valence-electron chi connectivity index (χ1n) is 8.36. The van der Waals surface area contributed by atoms with E-state index in [2.05, 4.69) is 10.3 Å². The largest absolute Gasteiger partial charge is 0.378 e. The number of carbonyl (C=O) groups is 2. The van der Waals surface area contributed by atoms with Gasteiger partial charge in [0.2, 0.25) is 0 Å². The van der Waals surface area contributed by atoms with Crippen molar-refractivity contribution in [2.24, 2.45) is 0 Å². The molecule has 1 atom stereocenters. The van der Waals surface area contributed by atoms with Crippen molar-refractivity contribution in [3.05, 3.63) is 52.0 Å². The van der Waals surface area contributed by atoms with E-state index in [1.165, 1.54) is 11.3 Å². The van der Waals surface area contributed by atoms with Crippen molar-refractivity contribution in [2.45, 2.75) is 19.4 Å². The molecule has 2 aromatic rings. The van der Waals surface area contributed by atoms with E-state index < -0.39 is 0 Å². The first-order chi connectivity index (χ1) is 12.2. The number of nitrogens with zero attached hydrogens (tertiary/aromatic N) is 2. The molecule has 6 nitrogen and oxygen atoms in total. The molecule has 1 N–H and O–H groups in total. The van der Waals surface area contributed by atoms with E-state index in [4.69, 9.17) is 4.74 Å². The number of hydrogen-bond donors (Lipinski definition) is 1. The van der Waals surface area contributed by atoms with E-state index in [0.717, 1.165) is 11.4 Å². The van der Waals surface area contributed by atoms with Crippen LogP contribution in [0.2, 0.25) is 0 Å². The predicted molar refractivity (Wildman–Crippen MR) is 95.8 cm³/mol. The summed E-state index contributed by atoms with van der Waals surface area (Å²) < 4.78 is 5.26. The molecule has 1 fully saturated rings. The number of aromatic nitrogens is 1. The van der Waals surface area contributed by atoms with Crippen LogP contribution in [-0.2, 0) is 4.74 Å². The monoisotopic (exact) mass is 359 g/mol. The third kappa shape index (κ3) is 4.24. The number of benzene rings is 1. The van der Waals surface area contributed by atoms with Gasteiger partial charge in [0.15, 0.2) is 0 Å². The van der Waals surface area contributed by atoms with Crippen LogP contribution in [0.5, 0.6) is 0 Å². The minimum Gasteiger partial charge on any atom is -0.378 e. The van der Waals surface area contributed by atoms with E-state index in [9.17, 15) is 9.59 Å². The minimum atomic E-state index is -0.160. The second-order valence-electron chi connectivity index (χ2n) is 5.79. The fourth-order valence-electron chi connectivity index (χ4n) is 2.70. The van der Waals surface area contributed by atoms with Crippen LogP contribution in [0.3, 0.4) is 0 Å². The smallest absolute Gasteiger partial charge is 0.254 e. The molecule has 1 saturated heterocycles. The van der Waals surface area contributed by atoms with Gasteiger partial charge in [-0.3, -0.25) is 9.59 Å². The summed E-state index contributed by atoms with van der Waals surface area (Å²) in [4.78, 5) is 30.9. The van der Waals surface area contributed by atoms with Crippen LogP contribution in [0.4, 0.5) is 0 Å². The van der Waals surface area contributed by atoms with Crippen LogP contribution >= 0.6 is 11.3 Å². The number of thiazole rings is 1. The van der Waals surface area contributed by atoms with Gasteiger partial charge in [-0.1, -0.05) is 6.92 Å². The van der Waals surface area contributed by atoms with Gasteiger partial charge in [0.1, 0.15) is 5.01 Å². The maximum Gasteiger partial charge on any atom is 0.254 e. The third-order valence-electron chi connectivity index (χ3n) is 4.16. The number of nitrogens with one attached hydrogen (secondary N) is 1. The minimum absolute atomic E-state index is 0.0236. The van der Waals surface area contributed by atoms with E-state index in [-0.39, 0.29) is 17.9 Å². The van der Waals surface area contributed by atoms with Gasteiger partial charge in [0.05, 0.1) is 19.3 Å². The van der Waals surface area contributed by atoms with Crippen molar-refractivity contribution in [3.63, 3.8) is 0 Å². The van der Waals surface area contributed by atoms with Gasteiger partial charge in [-0.05, 0) is 30.7 Å². The summed E-state index contributed by atoms with van der Waals surface area (Å²) >= 11 is 1.53. The fourth-order valence-corrected chi connectivity index (χ4v) is 3.47. The standard InChI is InChI=1S/C18H21N3O3S/c1-2-15(17-19-7-12-25-17)20-16(22)13-3-5-14(6-4-13)18(23)21-8-10-24-11-9-21/h3-7,12,15H,2,8-11H2,1H3,(H,20,22)/t15-/m0/s1. The summed E-state index contributed by atoms with van der Waals surface area (Å²) in [6, 6.07) is 6.70. The molecule has 0 unspecified atom stereocenters. The van der Waals surface area contributed by atoms with E-state index in [0.29, 0.717) is 37.4 Å². The average Bonchev–Trinajstić information content (AvgIpc) is 3.20. The lowest BCUT2D eigenvalue weighted by atomic mass is 10.1. The van der Waals surface area contributed by atoms with Crippen LogP contribution in [-0.4, -0.2) is 48.0 Å². The molecule has 132 valence electrons. The number of hydrogen-bond acceptors (Lipinski definition) is 5. The van der Waals surface area contributed by atoms with Gasteiger partial charge >= 0.3 is 0 Å². The first kappa shape index (κ1) is 17.6. The molecule has 1 aliphatic rings. The molecule has 1 aromatic carbocycles. The molecule has 0 saturated carbocycles. The van der Waals surface area contributed by atoms with Crippen LogP contribution in [0.15, 0.2) is 35.8 Å². The van der Waals surface area contributed by atoms with Crippen molar-refractivity contribution in [3.8, 4) is 0 Å². The molecule has 0 bridgehead atoms. The highest BCUT2D eigenvalue weighted by atomic mass is 32.1. The zero-order chi connectivity index (χ0) is 17.6. The first-order valence-corrected chi connectivity index (χ1v) is 9.24. The summed E-state index contributed by atoms with van der Waals surface area (Å²) in [5.74, 6) is -0.183. The Morgan fingerprint density at radius 2 is 1.92 bits per heavy atom. The summed E-state index contributed by atoms with van der Waals surface area (Å²) in [6.07, 6.45) is 2.51. The maximum atomic E-state index is 12.4. The lowest BCUT2D eigenvalue weighted by Crippen LogP contribution is -2.40. The van der Waals surface area contributed by atoms with Gasteiger partial charge in [0, 0.05) is 35.8 Å². The lowest BCUT2D eigenvalue weighted by Gasteiger charge is -2.26. The van der Waals surface area contributed by atoms with E-state index in [1.807, 2.05) is 12.3 Å². The Kier molecular flexibility index (Phi) is 5.78. The average molecular weight is 359 g/mol. The Labute approximate surface area is 150 Å². The van der Waals surface area contributed by atoms with Crippen molar-refractivity contribution in [1.29, 1.82) is 0 Å². The molecule has 0 radical (unpaired) electrons. The van der Waals surface area contributed by atoms with Gasteiger partial charge < -0.3 is 15.0 Å². The summed E-state index contributed by atoms with van der Waals surface area (Å²) in [5, 5.41) is 5.79. The zero-order valence-corrected chi connectivity index (χ0v) is 14.9. The molecule has 1 aliphatic heterocycles. The Bertz CT molecular complexity index is 710. The van der Waals surface area contributed by atoms with Crippen LogP contribution < -0.4 is 5.32 Å². The topological polar surface area (TPSA) is 71.5 Å². The Hall–Kier alpha value is -2.25. The summed E-state index contributed by atoms with van der Waals surface area (Å²) in [6.45, 7) is 4.36. The molecule has 1 aromatic heterocycles. The zero-order valence-electron chi connectivity index (χ0n) is 14.1. The Balaban J connectivity index is 1.65. The Morgan fingerprint density at radius 1 is 1.24 bits per heavy atom.